The molecule has 0 fully saturated rings. The van der Waals surface area contributed by atoms with Crippen LogP contribution in [0.15, 0.2) is 23.1 Å². The van der Waals surface area contributed by atoms with Crippen LogP contribution in [0.1, 0.15) is 31.4 Å². The summed E-state index contributed by atoms with van der Waals surface area (Å²) in [5, 5.41) is 8.71. The van der Waals surface area contributed by atoms with Crippen LogP contribution in [0.3, 0.4) is 0 Å². The van der Waals surface area contributed by atoms with Crippen molar-refractivity contribution in [1.29, 1.82) is 0 Å². The number of benzene rings is 1. The van der Waals surface area contributed by atoms with E-state index in [0.717, 1.165) is 17.5 Å². The van der Waals surface area contributed by atoms with E-state index in [-0.39, 0.29) is 11.5 Å². The Bertz CT molecular complexity index is 641. The second-order valence-corrected chi connectivity index (χ2v) is 7.28. The maximum absolute atomic E-state index is 12.5. The molecule has 0 aliphatic carbocycles. The van der Waals surface area contributed by atoms with Crippen LogP contribution in [-0.2, 0) is 10.0 Å². The summed E-state index contributed by atoms with van der Waals surface area (Å²) < 4.78 is 26.4. The largest absolute Gasteiger partial charge is 0.384 e. The van der Waals surface area contributed by atoms with Crippen molar-refractivity contribution in [3.63, 3.8) is 0 Å². The van der Waals surface area contributed by atoms with Crippen LogP contribution in [0.5, 0.6) is 0 Å². The van der Waals surface area contributed by atoms with Crippen molar-refractivity contribution in [3.05, 3.63) is 29.3 Å². The van der Waals surface area contributed by atoms with E-state index in [0.29, 0.717) is 12.5 Å². The summed E-state index contributed by atoms with van der Waals surface area (Å²) in [6, 6.07) is 4.88. The van der Waals surface area contributed by atoms with Gasteiger partial charge in [0.1, 0.15) is 6.61 Å². The number of hydrogen-bond acceptors (Lipinski definition) is 3. The average molecular weight is 309 g/mol. The number of aliphatic hydroxyl groups is 1. The second-order valence-electron chi connectivity index (χ2n) is 5.24. The number of aliphatic hydroxyl groups excluding tert-OH is 1. The van der Waals surface area contributed by atoms with Gasteiger partial charge in [-0.1, -0.05) is 32.1 Å². The Morgan fingerprint density at radius 2 is 2.05 bits per heavy atom. The third-order valence-corrected chi connectivity index (χ3v) is 5.29. The number of sulfonamides is 1. The molecule has 4 nitrogen and oxygen atoms in total. The third kappa shape index (κ3) is 4.57. The molecule has 0 aromatic heterocycles. The van der Waals surface area contributed by atoms with Gasteiger partial charge in [0, 0.05) is 19.2 Å². The Labute approximate surface area is 127 Å². The lowest BCUT2D eigenvalue weighted by Crippen LogP contribution is -2.31. The second kappa shape index (κ2) is 7.60. The Morgan fingerprint density at radius 3 is 2.57 bits per heavy atom. The van der Waals surface area contributed by atoms with Crippen LogP contribution in [0, 0.1) is 24.7 Å². The van der Waals surface area contributed by atoms with Gasteiger partial charge in [0.05, 0.1) is 4.90 Å². The molecule has 0 bridgehead atoms. The number of hydrogen-bond donors (Lipinski definition) is 1. The molecular formula is C16H23NO3S. The maximum atomic E-state index is 12.5. The van der Waals surface area contributed by atoms with Crippen molar-refractivity contribution in [3.8, 4) is 11.8 Å². The fraction of sp³-hybridized carbons (Fsp3) is 0.500. The smallest absolute Gasteiger partial charge is 0.242 e. The van der Waals surface area contributed by atoms with Crippen LogP contribution in [0.2, 0.25) is 0 Å². The first-order valence-electron chi connectivity index (χ1n) is 6.99. The Kier molecular flexibility index (Phi) is 6.41. The highest BCUT2D eigenvalue weighted by Crippen LogP contribution is 2.19. The van der Waals surface area contributed by atoms with Gasteiger partial charge >= 0.3 is 0 Å². The third-order valence-electron chi connectivity index (χ3n) is 3.47. The monoisotopic (exact) mass is 309 g/mol. The zero-order chi connectivity index (χ0) is 16.0. The lowest BCUT2D eigenvalue weighted by molar-refractivity contribution is 0.350. The maximum Gasteiger partial charge on any atom is 0.242 e. The molecule has 116 valence electrons. The molecule has 1 aromatic rings. The average Bonchev–Trinajstić information content (AvgIpc) is 2.45. The molecule has 0 heterocycles. The van der Waals surface area contributed by atoms with Gasteiger partial charge in [0.15, 0.2) is 0 Å². The van der Waals surface area contributed by atoms with E-state index in [1.807, 2.05) is 20.8 Å². The molecule has 5 heteroatoms. The highest BCUT2D eigenvalue weighted by Gasteiger charge is 2.22. The summed E-state index contributed by atoms with van der Waals surface area (Å²) in [5.74, 6) is 5.69. The van der Waals surface area contributed by atoms with E-state index in [1.165, 1.54) is 4.31 Å². The van der Waals surface area contributed by atoms with Crippen molar-refractivity contribution in [2.75, 3.05) is 20.2 Å². The highest BCUT2D eigenvalue weighted by molar-refractivity contribution is 7.89. The Balaban J connectivity index is 3.07. The molecule has 1 unspecified atom stereocenters. The molecule has 0 amide bonds. The summed E-state index contributed by atoms with van der Waals surface area (Å²) in [5.41, 5.74) is 1.52. The van der Waals surface area contributed by atoms with Gasteiger partial charge in [-0.05, 0) is 36.6 Å². The molecule has 0 spiro atoms. The van der Waals surface area contributed by atoms with Crippen molar-refractivity contribution >= 4 is 10.0 Å². The first-order chi connectivity index (χ1) is 9.82. The minimum Gasteiger partial charge on any atom is -0.384 e. The van der Waals surface area contributed by atoms with Crippen LogP contribution < -0.4 is 0 Å². The molecule has 0 saturated carbocycles. The van der Waals surface area contributed by atoms with E-state index in [4.69, 9.17) is 5.11 Å². The van der Waals surface area contributed by atoms with Crippen molar-refractivity contribution in [2.24, 2.45) is 5.92 Å². The minimum absolute atomic E-state index is 0.211. The topological polar surface area (TPSA) is 57.6 Å². The number of nitrogens with zero attached hydrogens (tertiary/aromatic N) is 1. The summed E-state index contributed by atoms with van der Waals surface area (Å²) in [6.45, 7) is 6.19. The SMILES string of the molecule is CCC(C)CN(C)S(=O)(=O)c1ccc(C#CCO)c(C)c1. The van der Waals surface area contributed by atoms with Gasteiger partial charge in [-0.25, -0.2) is 12.7 Å². The quantitative estimate of drug-likeness (QED) is 0.847. The first kappa shape index (κ1) is 17.7. The molecule has 0 aliphatic heterocycles. The molecule has 1 atom stereocenters. The van der Waals surface area contributed by atoms with Crippen LogP contribution in [-0.4, -0.2) is 38.0 Å². The van der Waals surface area contributed by atoms with E-state index in [2.05, 4.69) is 11.8 Å². The Morgan fingerprint density at radius 1 is 1.38 bits per heavy atom. The molecule has 0 aliphatic rings. The van der Waals surface area contributed by atoms with Gasteiger partial charge in [-0.2, -0.15) is 0 Å². The Hall–Kier alpha value is -1.35. The highest BCUT2D eigenvalue weighted by atomic mass is 32.2. The molecule has 0 radical (unpaired) electrons. The lowest BCUT2D eigenvalue weighted by atomic mass is 10.1. The summed E-state index contributed by atoms with van der Waals surface area (Å²) >= 11 is 0. The minimum atomic E-state index is -3.47. The zero-order valence-corrected chi connectivity index (χ0v) is 13.9. The lowest BCUT2D eigenvalue weighted by Gasteiger charge is -2.20. The predicted octanol–water partition coefficient (Wildman–Crippen LogP) is 2.01. The van der Waals surface area contributed by atoms with E-state index >= 15 is 0 Å². The summed E-state index contributed by atoms with van der Waals surface area (Å²) in [4.78, 5) is 0.278. The molecule has 1 rings (SSSR count). The van der Waals surface area contributed by atoms with Gasteiger partial charge in [-0.15, -0.1) is 0 Å². The molecule has 0 saturated heterocycles. The van der Waals surface area contributed by atoms with Gasteiger partial charge in [-0.3, -0.25) is 0 Å². The zero-order valence-electron chi connectivity index (χ0n) is 13.0. The van der Waals surface area contributed by atoms with Crippen LogP contribution in [0.25, 0.3) is 0 Å². The van der Waals surface area contributed by atoms with Gasteiger partial charge in [0.2, 0.25) is 10.0 Å². The normalized spacial score (nSPS) is 12.9. The van der Waals surface area contributed by atoms with Gasteiger partial charge in [0.25, 0.3) is 0 Å². The fourth-order valence-electron chi connectivity index (χ4n) is 1.92. The molecule has 1 N–H and O–H groups in total. The van der Waals surface area contributed by atoms with Crippen molar-refractivity contribution in [1.82, 2.24) is 4.31 Å². The summed E-state index contributed by atoms with van der Waals surface area (Å²) in [7, 11) is -1.86. The predicted molar refractivity (Wildman–Crippen MR) is 84.4 cm³/mol. The molecule has 21 heavy (non-hydrogen) atoms. The number of aryl methyl sites for hydroxylation is 1. The van der Waals surface area contributed by atoms with E-state index in [9.17, 15) is 8.42 Å². The van der Waals surface area contributed by atoms with Gasteiger partial charge < -0.3 is 5.11 Å². The fourth-order valence-corrected chi connectivity index (χ4v) is 3.29. The van der Waals surface area contributed by atoms with Crippen LogP contribution in [0.4, 0.5) is 0 Å². The van der Waals surface area contributed by atoms with Crippen molar-refractivity contribution < 1.29 is 13.5 Å². The molecule has 1 aromatic carbocycles. The van der Waals surface area contributed by atoms with E-state index < -0.39 is 10.0 Å². The standard InChI is InChI=1S/C16H23NO3S/c1-5-13(2)12-17(4)21(19,20)16-9-8-15(7-6-10-18)14(3)11-16/h8-9,11,13,18H,5,10,12H2,1-4H3. The summed E-state index contributed by atoms with van der Waals surface area (Å²) in [6.07, 6.45) is 0.939. The number of rotatable bonds is 5. The van der Waals surface area contributed by atoms with Crippen molar-refractivity contribution in [2.45, 2.75) is 32.1 Å². The first-order valence-corrected chi connectivity index (χ1v) is 8.43. The molecular weight excluding hydrogens is 286 g/mol. The van der Waals surface area contributed by atoms with E-state index in [1.54, 1.807) is 25.2 Å². The van der Waals surface area contributed by atoms with Crippen LogP contribution >= 0.6 is 0 Å².